The van der Waals surface area contributed by atoms with E-state index in [1.807, 2.05) is 0 Å². The number of piperidine rings is 1. The van der Waals surface area contributed by atoms with Crippen molar-refractivity contribution >= 4 is 41.8 Å². The molecule has 11 heteroatoms. The first-order valence-electron chi connectivity index (χ1n) is 11.5. The van der Waals surface area contributed by atoms with Crippen LogP contribution in [0.25, 0.3) is 0 Å². The molecule has 2 aliphatic heterocycles. The third-order valence-electron chi connectivity index (χ3n) is 6.24. The van der Waals surface area contributed by atoms with Gasteiger partial charge in [-0.25, -0.2) is 23.7 Å². The molecule has 5 rings (SSSR count). The Hall–Kier alpha value is -2.92. The van der Waals surface area contributed by atoms with Crippen LogP contribution in [0.3, 0.4) is 0 Å². The predicted octanol–water partition coefficient (Wildman–Crippen LogP) is 4.20. The number of aromatic nitrogens is 2. The number of nitrogens with two attached hydrogens (primary N) is 1. The van der Waals surface area contributed by atoms with Gasteiger partial charge in [-0.1, -0.05) is 11.9 Å². The lowest BCUT2D eigenvalue weighted by molar-refractivity contribution is 0.0937. The standard InChI is InChI=1S/C23H28FN7O2S/c1-32-21-22(30-20-7-2-14(8-19(20)24)27-12-26-11-25)28-13-29-23(21)33-17-9-15-3-4-16(10-17)31(15)34-18-5-6-18/h2,7-8,11-13,15-18H,3-6,9-10H2,1H3,(H2,25,26,27)(H,28,29,30). The number of hydrogen-bond donors (Lipinski definition) is 2. The average Bonchev–Trinajstić information content (AvgIpc) is 3.61. The second-order valence-electron chi connectivity index (χ2n) is 8.65. The molecule has 2 bridgehead atoms. The summed E-state index contributed by atoms with van der Waals surface area (Å²) in [6.07, 6.45) is 10.9. The number of fused-ring (bicyclic) bond motifs is 2. The molecular weight excluding hydrogens is 457 g/mol. The zero-order valence-corrected chi connectivity index (χ0v) is 19.7. The molecule has 0 spiro atoms. The minimum absolute atomic E-state index is 0.0651. The Kier molecular flexibility index (Phi) is 6.82. The van der Waals surface area contributed by atoms with Crippen LogP contribution in [0.5, 0.6) is 11.6 Å². The van der Waals surface area contributed by atoms with Crippen LogP contribution in [0.2, 0.25) is 0 Å². The van der Waals surface area contributed by atoms with Crippen molar-refractivity contribution in [1.29, 1.82) is 0 Å². The summed E-state index contributed by atoms with van der Waals surface area (Å²) in [4.78, 5) is 16.3. The van der Waals surface area contributed by atoms with Crippen LogP contribution in [-0.4, -0.2) is 57.5 Å². The van der Waals surface area contributed by atoms with Crippen LogP contribution in [-0.2, 0) is 0 Å². The zero-order chi connectivity index (χ0) is 23.5. The van der Waals surface area contributed by atoms with Gasteiger partial charge in [-0.2, -0.15) is 4.98 Å². The molecule has 34 heavy (non-hydrogen) atoms. The van der Waals surface area contributed by atoms with Crippen molar-refractivity contribution in [2.24, 2.45) is 15.7 Å². The van der Waals surface area contributed by atoms with Gasteiger partial charge in [-0.3, -0.25) is 0 Å². The molecule has 2 atom stereocenters. The van der Waals surface area contributed by atoms with E-state index in [1.54, 1.807) is 12.1 Å². The Labute approximate surface area is 202 Å². The highest BCUT2D eigenvalue weighted by molar-refractivity contribution is 7.97. The highest BCUT2D eigenvalue weighted by Crippen LogP contribution is 2.47. The van der Waals surface area contributed by atoms with Crippen LogP contribution < -0.4 is 20.5 Å². The minimum Gasteiger partial charge on any atom is -0.489 e. The van der Waals surface area contributed by atoms with Crippen molar-refractivity contribution in [3.05, 3.63) is 30.3 Å². The maximum Gasteiger partial charge on any atom is 0.262 e. The lowest BCUT2D eigenvalue weighted by Gasteiger charge is -2.37. The van der Waals surface area contributed by atoms with Gasteiger partial charge >= 0.3 is 0 Å². The predicted molar refractivity (Wildman–Crippen MR) is 132 cm³/mol. The van der Waals surface area contributed by atoms with E-state index in [1.165, 1.54) is 51.5 Å². The molecule has 3 fully saturated rings. The number of benzene rings is 1. The fourth-order valence-corrected chi connectivity index (χ4v) is 5.94. The Bertz CT molecular complexity index is 1070. The summed E-state index contributed by atoms with van der Waals surface area (Å²) in [5.74, 6) is 0.559. The van der Waals surface area contributed by atoms with Gasteiger partial charge in [0.2, 0.25) is 5.75 Å². The largest absolute Gasteiger partial charge is 0.489 e. The van der Waals surface area contributed by atoms with Gasteiger partial charge in [-0.05, 0) is 37.8 Å². The summed E-state index contributed by atoms with van der Waals surface area (Å²) in [5.41, 5.74) is 5.81. The number of halogens is 1. The molecule has 180 valence electrons. The second kappa shape index (κ2) is 10.1. The molecule has 2 unspecified atom stereocenters. The number of methoxy groups -OCH3 is 1. The van der Waals surface area contributed by atoms with E-state index in [-0.39, 0.29) is 11.8 Å². The minimum atomic E-state index is -0.494. The van der Waals surface area contributed by atoms with Crippen molar-refractivity contribution in [2.75, 3.05) is 12.4 Å². The normalized spacial score (nSPS) is 24.7. The SMILES string of the molecule is COc1c(Nc2ccc(N=CN=CN)cc2F)ncnc1OC1CC2CCC(C1)N2SC1CC1. The molecule has 1 aliphatic carbocycles. The summed E-state index contributed by atoms with van der Waals surface area (Å²) < 4.78 is 29.2. The summed E-state index contributed by atoms with van der Waals surface area (Å²) in [5, 5.41) is 3.80. The van der Waals surface area contributed by atoms with E-state index in [0.29, 0.717) is 35.2 Å². The maximum atomic E-state index is 14.7. The van der Waals surface area contributed by atoms with Crippen molar-refractivity contribution in [1.82, 2.24) is 14.3 Å². The quantitative estimate of drug-likeness (QED) is 0.309. The second-order valence-corrected chi connectivity index (χ2v) is 9.95. The van der Waals surface area contributed by atoms with E-state index in [2.05, 4.69) is 41.5 Å². The third kappa shape index (κ3) is 5.10. The average molecular weight is 486 g/mol. The molecule has 0 amide bonds. The summed E-state index contributed by atoms with van der Waals surface area (Å²) in [6.45, 7) is 0. The molecule has 3 aliphatic rings. The zero-order valence-electron chi connectivity index (χ0n) is 18.9. The Morgan fingerprint density at radius 1 is 1.21 bits per heavy atom. The van der Waals surface area contributed by atoms with Gasteiger partial charge in [-0.15, -0.1) is 0 Å². The van der Waals surface area contributed by atoms with Crippen LogP contribution in [0.4, 0.5) is 21.6 Å². The molecule has 1 aromatic carbocycles. The molecule has 9 nitrogen and oxygen atoms in total. The van der Waals surface area contributed by atoms with Crippen molar-refractivity contribution in [3.8, 4) is 11.6 Å². The fourth-order valence-electron chi connectivity index (χ4n) is 4.52. The number of nitrogens with one attached hydrogen (secondary N) is 1. The van der Waals surface area contributed by atoms with Gasteiger partial charge in [0.15, 0.2) is 5.82 Å². The highest BCUT2D eigenvalue weighted by Gasteiger charge is 2.44. The Morgan fingerprint density at radius 3 is 2.68 bits per heavy atom. The van der Waals surface area contributed by atoms with E-state index in [0.717, 1.165) is 24.4 Å². The van der Waals surface area contributed by atoms with Gasteiger partial charge < -0.3 is 20.5 Å². The molecule has 2 aromatic rings. The van der Waals surface area contributed by atoms with E-state index >= 15 is 0 Å². The molecule has 0 radical (unpaired) electrons. The smallest absolute Gasteiger partial charge is 0.262 e. The van der Waals surface area contributed by atoms with Crippen LogP contribution in [0.15, 0.2) is 34.5 Å². The van der Waals surface area contributed by atoms with Gasteiger partial charge in [0.25, 0.3) is 5.88 Å². The fraction of sp³-hybridized carbons (Fsp3) is 0.478. The highest BCUT2D eigenvalue weighted by atomic mass is 32.2. The van der Waals surface area contributed by atoms with Gasteiger partial charge in [0.1, 0.15) is 24.6 Å². The first-order chi connectivity index (χ1) is 16.6. The first-order valence-corrected chi connectivity index (χ1v) is 12.3. The molecular formula is C23H28FN7O2S. The molecule has 1 aromatic heterocycles. The lowest BCUT2D eigenvalue weighted by atomic mass is 10.0. The molecule has 3 N–H and O–H groups in total. The number of aliphatic imine (C=N–C) groups is 2. The molecule has 3 heterocycles. The number of rotatable bonds is 9. The number of nitrogens with zero attached hydrogens (tertiary/aromatic N) is 5. The van der Waals surface area contributed by atoms with E-state index < -0.39 is 5.82 Å². The monoisotopic (exact) mass is 485 g/mol. The third-order valence-corrected chi connectivity index (χ3v) is 7.85. The van der Waals surface area contributed by atoms with Crippen LogP contribution >= 0.6 is 11.9 Å². The Morgan fingerprint density at radius 2 is 2.00 bits per heavy atom. The van der Waals surface area contributed by atoms with Gasteiger partial charge in [0.05, 0.1) is 24.8 Å². The van der Waals surface area contributed by atoms with Crippen LogP contribution in [0, 0.1) is 5.82 Å². The number of ether oxygens (including phenoxy) is 2. The van der Waals surface area contributed by atoms with E-state index in [4.69, 9.17) is 15.2 Å². The first kappa shape index (κ1) is 22.9. The summed E-state index contributed by atoms with van der Waals surface area (Å²) in [7, 11) is 1.53. The van der Waals surface area contributed by atoms with E-state index in [9.17, 15) is 4.39 Å². The van der Waals surface area contributed by atoms with Crippen LogP contribution in [0.1, 0.15) is 38.5 Å². The van der Waals surface area contributed by atoms with Crippen molar-refractivity contribution < 1.29 is 13.9 Å². The Balaban J connectivity index is 1.28. The topological polar surface area (TPSA) is 110 Å². The number of hydrogen-bond acceptors (Lipinski definition) is 8. The molecule has 1 saturated carbocycles. The number of anilines is 2. The molecule has 2 saturated heterocycles. The van der Waals surface area contributed by atoms with Crippen molar-refractivity contribution in [2.45, 2.75) is 62.0 Å². The summed E-state index contributed by atoms with van der Waals surface area (Å²) in [6, 6.07) is 5.61. The van der Waals surface area contributed by atoms with Gasteiger partial charge in [0, 0.05) is 36.2 Å². The lowest BCUT2D eigenvalue weighted by Crippen LogP contribution is -2.42. The summed E-state index contributed by atoms with van der Waals surface area (Å²) >= 11 is 2.05. The maximum absolute atomic E-state index is 14.7. The van der Waals surface area contributed by atoms with Crippen molar-refractivity contribution in [3.63, 3.8) is 0 Å².